The molecule has 1 fully saturated rings. The van der Waals surface area contributed by atoms with Crippen molar-refractivity contribution < 1.29 is 9.53 Å². The van der Waals surface area contributed by atoms with E-state index in [4.69, 9.17) is 4.74 Å². The third-order valence-electron chi connectivity index (χ3n) is 2.59. The minimum absolute atomic E-state index is 0.243. The van der Waals surface area contributed by atoms with Crippen molar-refractivity contribution in [2.45, 2.75) is 5.92 Å². The smallest absolute Gasteiger partial charge is 0.338 e. The van der Waals surface area contributed by atoms with Crippen molar-refractivity contribution in [3.8, 4) is 0 Å². The van der Waals surface area contributed by atoms with E-state index in [1.54, 1.807) is 0 Å². The van der Waals surface area contributed by atoms with Gasteiger partial charge in [-0.25, -0.2) is 4.79 Å². The first-order valence-corrected chi connectivity index (χ1v) is 4.71. The molecule has 0 atom stereocenters. The molecule has 0 radical (unpaired) electrons. The van der Waals surface area contributed by atoms with E-state index in [-0.39, 0.29) is 5.97 Å². The molecule has 3 nitrogen and oxygen atoms in total. The third kappa shape index (κ3) is 1.51. The van der Waals surface area contributed by atoms with Gasteiger partial charge in [0, 0.05) is 19.0 Å². The van der Waals surface area contributed by atoms with Gasteiger partial charge >= 0.3 is 5.97 Å². The number of nitrogens with one attached hydrogen (secondary N) is 1. The number of benzene rings is 1. The Hall–Kier alpha value is -1.35. The third-order valence-corrected chi connectivity index (χ3v) is 2.59. The van der Waals surface area contributed by atoms with Gasteiger partial charge < -0.3 is 10.1 Å². The van der Waals surface area contributed by atoms with E-state index in [0.29, 0.717) is 11.5 Å². The summed E-state index contributed by atoms with van der Waals surface area (Å²) in [6.07, 6.45) is 0. The first kappa shape index (κ1) is 9.21. The molecule has 0 saturated carbocycles. The molecule has 0 amide bonds. The van der Waals surface area contributed by atoms with Crippen molar-refractivity contribution in [3.63, 3.8) is 0 Å². The van der Waals surface area contributed by atoms with Crippen molar-refractivity contribution in [3.05, 3.63) is 35.4 Å². The fourth-order valence-electron chi connectivity index (χ4n) is 1.66. The lowest BCUT2D eigenvalue weighted by atomic mass is 9.90. The largest absolute Gasteiger partial charge is 0.465 e. The zero-order chi connectivity index (χ0) is 9.97. The molecule has 0 spiro atoms. The van der Waals surface area contributed by atoms with Gasteiger partial charge in [-0.3, -0.25) is 0 Å². The van der Waals surface area contributed by atoms with Crippen LogP contribution in [0.3, 0.4) is 0 Å². The van der Waals surface area contributed by atoms with Crippen molar-refractivity contribution in [1.29, 1.82) is 0 Å². The highest BCUT2D eigenvalue weighted by Gasteiger charge is 2.23. The average molecular weight is 191 g/mol. The standard InChI is InChI=1S/C11H13NO2/c1-14-11(13)10-5-3-2-4-9(10)8-6-12-7-8/h2-5,8,12H,6-7H2,1H3. The lowest BCUT2D eigenvalue weighted by molar-refractivity contribution is 0.0598. The Bertz CT molecular complexity index is 345. The highest BCUT2D eigenvalue weighted by Crippen LogP contribution is 2.23. The van der Waals surface area contributed by atoms with Gasteiger partial charge in [-0.15, -0.1) is 0 Å². The van der Waals surface area contributed by atoms with Crippen molar-refractivity contribution in [2.75, 3.05) is 20.2 Å². The molecular formula is C11H13NO2. The van der Waals surface area contributed by atoms with Gasteiger partial charge in [-0.05, 0) is 11.6 Å². The number of methoxy groups -OCH3 is 1. The lowest BCUT2D eigenvalue weighted by Crippen LogP contribution is -2.40. The van der Waals surface area contributed by atoms with Gasteiger partial charge in [0.25, 0.3) is 0 Å². The van der Waals surface area contributed by atoms with E-state index in [2.05, 4.69) is 5.32 Å². The molecule has 1 heterocycles. The maximum atomic E-state index is 11.4. The molecule has 1 aromatic rings. The Morgan fingerprint density at radius 3 is 2.71 bits per heavy atom. The molecule has 0 bridgehead atoms. The second kappa shape index (κ2) is 3.80. The summed E-state index contributed by atoms with van der Waals surface area (Å²) < 4.78 is 4.74. The zero-order valence-corrected chi connectivity index (χ0v) is 8.12. The van der Waals surface area contributed by atoms with Crippen LogP contribution in [-0.4, -0.2) is 26.2 Å². The number of rotatable bonds is 2. The van der Waals surface area contributed by atoms with Crippen molar-refractivity contribution in [1.82, 2.24) is 5.32 Å². The van der Waals surface area contributed by atoms with Crippen LogP contribution in [0.2, 0.25) is 0 Å². The molecule has 1 aromatic carbocycles. The Balaban J connectivity index is 2.32. The lowest BCUT2D eigenvalue weighted by Gasteiger charge is -2.28. The molecular weight excluding hydrogens is 178 g/mol. The molecule has 14 heavy (non-hydrogen) atoms. The Morgan fingerprint density at radius 2 is 2.14 bits per heavy atom. The normalized spacial score (nSPS) is 16.1. The van der Waals surface area contributed by atoms with E-state index in [0.717, 1.165) is 18.7 Å². The van der Waals surface area contributed by atoms with E-state index < -0.39 is 0 Å². The second-order valence-electron chi connectivity index (χ2n) is 3.43. The topological polar surface area (TPSA) is 38.3 Å². The van der Waals surface area contributed by atoms with Crippen LogP contribution in [0.5, 0.6) is 0 Å². The summed E-state index contributed by atoms with van der Waals surface area (Å²) >= 11 is 0. The van der Waals surface area contributed by atoms with Crippen LogP contribution >= 0.6 is 0 Å². The summed E-state index contributed by atoms with van der Waals surface area (Å²) in [4.78, 5) is 11.4. The van der Waals surface area contributed by atoms with Crippen LogP contribution < -0.4 is 5.32 Å². The van der Waals surface area contributed by atoms with Gasteiger partial charge in [0.2, 0.25) is 0 Å². The van der Waals surface area contributed by atoms with Crippen LogP contribution in [0.4, 0.5) is 0 Å². The molecule has 0 aliphatic carbocycles. The fourth-order valence-corrected chi connectivity index (χ4v) is 1.66. The molecule has 2 rings (SSSR count). The summed E-state index contributed by atoms with van der Waals surface area (Å²) in [7, 11) is 1.41. The Kier molecular flexibility index (Phi) is 2.50. The number of esters is 1. The quantitative estimate of drug-likeness (QED) is 0.713. The minimum Gasteiger partial charge on any atom is -0.465 e. The highest BCUT2D eigenvalue weighted by molar-refractivity contribution is 5.91. The van der Waals surface area contributed by atoms with Crippen LogP contribution in [0.15, 0.2) is 24.3 Å². The Labute approximate surface area is 83.1 Å². The van der Waals surface area contributed by atoms with Gasteiger partial charge in [-0.2, -0.15) is 0 Å². The molecule has 0 aromatic heterocycles. The predicted octanol–water partition coefficient (Wildman–Crippen LogP) is 1.16. The van der Waals surface area contributed by atoms with Crippen LogP contribution in [0.1, 0.15) is 21.8 Å². The monoisotopic (exact) mass is 191 g/mol. The summed E-state index contributed by atoms with van der Waals surface area (Å²) in [5, 5.41) is 3.19. The first-order chi connectivity index (χ1) is 6.83. The van der Waals surface area contributed by atoms with Crippen molar-refractivity contribution in [2.24, 2.45) is 0 Å². The summed E-state index contributed by atoms with van der Waals surface area (Å²) in [5.74, 6) is 0.220. The number of hydrogen-bond donors (Lipinski definition) is 1. The molecule has 3 heteroatoms. The molecule has 1 saturated heterocycles. The molecule has 1 aliphatic rings. The number of carbonyl (C=O) groups is 1. The molecule has 1 N–H and O–H groups in total. The SMILES string of the molecule is COC(=O)c1ccccc1C1CNC1. The second-order valence-corrected chi connectivity index (χ2v) is 3.43. The van der Waals surface area contributed by atoms with Crippen molar-refractivity contribution >= 4 is 5.97 Å². The van der Waals surface area contributed by atoms with Crippen LogP contribution in [0.25, 0.3) is 0 Å². The predicted molar refractivity (Wildman–Crippen MR) is 53.4 cm³/mol. The van der Waals surface area contributed by atoms with E-state index in [1.807, 2.05) is 24.3 Å². The van der Waals surface area contributed by atoms with Crippen LogP contribution in [-0.2, 0) is 4.74 Å². The van der Waals surface area contributed by atoms with Gasteiger partial charge in [0.15, 0.2) is 0 Å². The average Bonchev–Trinajstić information content (AvgIpc) is 2.15. The molecule has 74 valence electrons. The van der Waals surface area contributed by atoms with E-state index in [9.17, 15) is 4.79 Å². The van der Waals surface area contributed by atoms with Gasteiger partial charge in [-0.1, -0.05) is 18.2 Å². The number of ether oxygens (including phenoxy) is 1. The Morgan fingerprint density at radius 1 is 1.43 bits per heavy atom. The summed E-state index contributed by atoms with van der Waals surface area (Å²) in [6, 6.07) is 7.64. The molecule has 1 aliphatic heterocycles. The highest BCUT2D eigenvalue weighted by atomic mass is 16.5. The fraction of sp³-hybridized carbons (Fsp3) is 0.364. The van der Waals surface area contributed by atoms with Crippen LogP contribution in [0, 0.1) is 0 Å². The maximum absolute atomic E-state index is 11.4. The zero-order valence-electron chi connectivity index (χ0n) is 8.12. The number of hydrogen-bond acceptors (Lipinski definition) is 3. The van der Waals surface area contributed by atoms with Gasteiger partial charge in [0.1, 0.15) is 0 Å². The summed E-state index contributed by atoms with van der Waals surface area (Å²) in [5.41, 5.74) is 1.79. The maximum Gasteiger partial charge on any atom is 0.338 e. The minimum atomic E-state index is -0.243. The molecule has 0 unspecified atom stereocenters. The van der Waals surface area contributed by atoms with Gasteiger partial charge in [0.05, 0.1) is 12.7 Å². The number of carbonyl (C=O) groups excluding carboxylic acids is 1. The summed E-state index contributed by atoms with van der Waals surface area (Å²) in [6.45, 7) is 1.90. The van der Waals surface area contributed by atoms with E-state index >= 15 is 0 Å². The first-order valence-electron chi connectivity index (χ1n) is 4.71. The van der Waals surface area contributed by atoms with E-state index in [1.165, 1.54) is 7.11 Å².